The van der Waals surface area contributed by atoms with Crippen LogP contribution in [0.15, 0.2) is 0 Å². The van der Waals surface area contributed by atoms with Gasteiger partial charge in [0.15, 0.2) is 6.29 Å². The summed E-state index contributed by atoms with van der Waals surface area (Å²) < 4.78 is 41.9. The minimum Gasteiger partial charge on any atom is -0.748 e. The van der Waals surface area contributed by atoms with Gasteiger partial charge in [-0.2, -0.15) is 0 Å². The minimum atomic E-state index is -4.67. The molecule has 0 saturated carbocycles. The fourth-order valence-electron chi connectivity index (χ4n) is 1.66. The van der Waals surface area contributed by atoms with E-state index in [1.54, 1.807) is 0 Å². The molecule has 0 aromatic carbocycles. The normalized spacial score (nSPS) is 34.5. The van der Waals surface area contributed by atoms with E-state index < -0.39 is 46.6 Å². The van der Waals surface area contributed by atoms with Crippen LogP contribution in [0.3, 0.4) is 0 Å². The molecule has 1 aliphatic heterocycles. The molecule has 4 N–H and O–H groups in total. The number of hydrogen-bond donors (Lipinski definition) is 4. The van der Waals surface area contributed by atoms with Crippen LogP contribution in [0.5, 0.6) is 0 Å². The molecule has 1 heterocycles. The molecule has 0 spiro atoms. The molecule has 114 valence electrons. The summed E-state index contributed by atoms with van der Waals surface area (Å²) in [4.78, 5) is 0. The van der Waals surface area contributed by atoms with Crippen molar-refractivity contribution >= 4 is 10.1 Å². The molecular formula is C9H17NaO9S. The van der Waals surface area contributed by atoms with Crippen LogP contribution in [0.25, 0.3) is 0 Å². The first-order chi connectivity index (χ1) is 8.76. The molecule has 0 aromatic heterocycles. The number of aliphatic hydroxyl groups excluding tert-OH is 4. The van der Waals surface area contributed by atoms with Gasteiger partial charge in [-0.25, -0.2) is 8.42 Å². The van der Waals surface area contributed by atoms with Crippen LogP contribution >= 0.6 is 0 Å². The van der Waals surface area contributed by atoms with E-state index >= 15 is 0 Å². The molecule has 11 heteroatoms. The van der Waals surface area contributed by atoms with Gasteiger partial charge in [0.1, 0.15) is 24.4 Å². The molecule has 0 radical (unpaired) electrons. The Bertz CT molecular complexity index is 376. The molecule has 9 nitrogen and oxygen atoms in total. The zero-order valence-corrected chi connectivity index (χ0v) is 13.8. The van der Waals surface area contributed by atoms with Crippen molar-refractivity contribution in [3.05, 3.63) is 0 Å². The molecule has 0 bridgehead atoms. The predicted octanol–water partition coefficient (Wildman–Crippen LogP) is -6.26. The van der Waals surface area contributed by atoms with E-state index in [0.29, 0.717) is 0 Å². The summed E-state index contributed by atoms with van der Waals surface area (Å²) in [6.45, 7) is -0.162. The smallest absolute Gasteiger partial charge is 0.748 e. The van der Waals surface area contributed by atoms with E-state index in [-0.39, 0.29) is 49.2 Å². The topological polar surface area (TPSA) is 157 Å². The molecule has 1 saturated heterocycles. The summed E-state index contributed by atoms with van der Waals surface area (Å²) in [5.74, 6) is -1.04. The third-order valence-electron chi connectivity index (χ3n) is 2.62. The van der Waals surface area contributed by atoms with Gasteiger partial charge in [0.05, 0.1) is 22.5 Å². The van der Waals surface area contributed by atoms with E-state index in [2.05, 4.69) is 0 Å². The zero-order chi connectivity index (χ0) is 14.6. The van der Waals surface area contributed by atoms with Crippen molar-refractivity contribution < 1.29 is 72.4 Å². The number of rotatable bonds is 6. The van der Waals surface area contributed by atoms with Crippen LogP contribution < -0.4 is 29.6 Å². The Morgan fingerprint density at radius 1 is 1.15 bits per heavy atom. The predicted molar refractivity (Wildman–Crippen MR) is 58.9 cm³/mol. The molecule has 1 aliphatic rings. The van der Waals surface area contributed by atoms with Crippen molar-refractivity contribution in [3.63, 3.8) is 0 Å². The van der Waals surface area contributed by atoms with Crippen molar-refractivity contribution in [1.29, 1.82) is 0 Å². The minimum absolute atomic E-state index is 0. The van der Waals surface area contributed by atoms with Gasteiger partial charge in [0, 0.05) is 6.61 Å². The van der Waals surface area contributed by atoms with Crippen molar-refractivity contribution in [2.45, 2.75) is 37.1 Å². The molecule has 0 unspecified atom stereocenters. The van der Waals surface area contributed by atoms with E-state index in [1.807, 2.05) is 0 Å². The van der Waals surface area contributed by atoms with Crippen LogP contribution in [-0.2, 0) is 19.6 Å². The second-order valence-electron chi connectivity index (χ2n) is 4.19. The van der Waals surface area contributed by atoms with E-state index in [0.717, 1.165) is 0 Å². The van der Waals surface area contributed by atoms with Crippen LogP contribution in [0.1, 0.15) is 6.42 Å². The SMILES string of the molecule is O=S(=O)([O-])C[C@H]1O[C@H](OCCCO)[C@H](O)[C@@H](O)[C@@H]1O.[Na+]. The van der Waals surface area contributed by atoms with Gasteiger partial charge >= 0.3 is 29.6 Å². The average Bonchev–Trinajstić information content (AvgIpc) is 2.30. The quantitative estimate of drug-likeness (QED) is 0.212. The maximum absolute atomic E-state index is 10.6. The summed E-state index contributed by atoms with van der Waals surface area (Å²) in [6.07, 6.45) is -7.61. The molecular weight excluding hydrogens is 307 g/mol. The third-order valence-corrected chi connectivity index (χ3v) is 3.36. The standard InChI is InChI=1S/C9H18O9S.Na/c10-2-1-3-17-9-8(13)7(12)6(11)5(18-9)4-19(14,15)16;/h5-13H,1-4H2,(H,14,15,16);/q;+1/p-1/t5-,6-,7+,8-,9+;/m1./s1. The van der Waals surface area contributed by atoms with Gasteiger partial charge < -0.3 is 34.5 Å². The molecule has 0 amide bonds. The van der Waals surface area contributed by atoms with Crippen molar-refractivity contribution in [1.82, 2.24) is 0 Å². The van der Waals surface area contributed by atoms with Crippen molar-refractivity contribution in [3.8, 4) is 0 Å². The zero-order valence-electron chi connectivity index (χ0n) is 11.0. The Hall–Kier alpha value is 0.670. The molecule has 20 heavy (non-hydrogen) atoms. The molecule has 0 aromatic rings. The molecule has 1 rings (SSSR count). The molecule has 1 fully saturated rings. The van der Waals surface area contributed by atoms with Crippen molar-refractivity contribution in [2.75, 3.05) is 19.0 Å². The maximum Gasteiger partial charge on any atom is 1.00 e. The molecule has 5 atom stereocenters. The summed E-state index contributed by atoms with van der Waals surface area (Å²) >= 11 is 0. The van der Waals surface area contributed by atoms with Gasteiger partial charge in [0.2, 0.25) is 0 Å². The van der Waals surface area contributed by atoms with E-state index in [9.17, 15) is 28.3 Å². The largest absolute Gasteiger partial charge is 1.00 e. The summed E-state index contributed by atoms with van der Waals surface area (Å²) in [6, 6.07) is 0. The van der Waals surface area contributed by atoms with E-state index in [4.69, 9.17) is 14.6 Å². The number of ether oxygens (including phenoxy) is 2. The van der Waals surface area contributed by atoms with Crippen LogP contribution in [0.2, 0.25) is 0 Å². The summed E-state index contributed by atoms with van der Waals surface area (Å²) in [7, 11) is -4.67. The second-order valence-corrected chi connectivity index (χ2v) is 5.64. The first-order valence-corrected chi connectivity index (χ1v) is 7.19. The van der Waals surface area contributed by atoms with E-state index in [1.165, 1.54) is 0 Å². The summed E-state index contributed by atoms with van der Waals surface area (Å²) in [5, 5.41) is 37.2. The van der Waals surface area contributed by atoms with Gasteiger partial charge in [-0.3, -0.25) is 0 Å². The monoisotopic (exact) mass is 324 g/mol. The van der Waals surface area contributed by atoms with Crippen LogP contribution in [0.4, 0.5) is 0 Å². The van der Waals surface area contributed by atoms with Gasteiger partial charge in [-0.15, -0.1) is 0 Å². The third kappa shape index (κ3) is 6.20. The van der Waals surface area contributed by atoms with Gasteiger partial charge in [-0.05, 0) is 6.42 Å². The Balaban J connectivity index is 0.00000361. The fraction of sp³-hybridized carbons (Fsp3) is 1.00. The number of hydrogen-bond acceptors (Lipinski definition) is 9. The Morgan fingerprint density at radius 2 is 1.75 bits per heavy atom. The van der Waals surface area contributed by atoms with Crippen molar-refractivity contribution in [2.24, 2.45) is 0 Å². The first kappa shape index (κ1) is 20.7. The van der Waals surface area contributed by atoms with Crippen LogP contribution in [-0.4, -0.2) is 83.1 Å². The fourth-order valence-corrected chi connectivity index (χ4v) is 2.34. The Morgan fingerprint density at radius 3 is 2.25 bits per heavy atom. The Labute approximate surface area is 138 Å². The van der Waals surface area contributed by atoms with Crippen LogP contribution in [0, 0.1) is 0 Å². The Kier molecular flexibility index (Phi) is 9.26. The van der Waals surface area contributed by atoms with Gasteiger partial charge in [-0.1, -0.05) is 0 Å². The average molecular weight is 324 g/mol. The van der Waals surface area contributed by atoms with Gasteiger partial charge in [0.25, 0.3) is 0 Å². The first-order valence-electron chi connectivity index (χ1n) is 5.62. The molecule has 0 aliphatic carbocycles. The maximum atomic E-state index is 10.6. The second kappa shape index (κ2) is 8.96. The summed E-state index contributed by atoms with van der Waals surface area (Å²) in [5.41, 5.74) is 0. The number of aliphatic hydroxyl groups is 4.